The maximum Gasteiger partial charge on any atom is 0.325 e. The first kappa shape index (κ1) is 14.8. The average Bonchev–Trinajstić information content (AvgIpc) is 3.03. The fraction of sp³-hybridized carbons (Fsp3) is 0.111. The van der Waals surface area contributed by atoms with E-state index in [4.69, 9.17) is 4.74 Å². The van der Waals surface area contributed by atoms with Gasteiger partial charge < -0.3 is 15.0 Å². The molecule has 1 amide bonds. The van der Waals surface area contributed by atoms with Crippen LogP contribution in [0.15, 0.2) is 60.7 Å². The van der Waals surface area contributed by atoms with Crippen molar-refractivity contribution < 1.29 is 14.3 Å². The summed E-state index contributed by atoms with van der Waals surface area (Å²) >= 11 is 0. The summed E-state index contributed by atoms with van der Waals surface area (Å²) in [5.41, 5.74) is 2.20. The van der Waals surface area contributed by atoms with Crippen LogP contribution in [0.5, 0.6) is 0 Å². The second-order valence-corrected chi connectivity index (χ2v) is 5.10. The van der Waals surface area contributed by atoms with Gasteiger partial charge in [-0.3, -0.25) is 9.59 Å². The topological polar surface area (TPSA) is 71.2 Å². The minimum Gasteiger partial charge on any atom is -0.460 e. The maximum atomic E-state index is 12.0. The zero-order valence-electron chi connectivity index (χ0n) is 12.4. The highest BCUT2D eigenvalue weighted by Crippen LogP contribution is 2.14. The van der Waals surface area contributed by atoms with Crippen molar-refractivity contribution in [2.24, 2.45) is 0 Å². The Kier molecular flexibility index (Phi) is 4.38. The monoisotopic (exact) mass is 308 g/mol. The molecular formula is C18H16N2O3. The number of aromatic nitrogens is 1. The van der Waals surface area contributed by atoms with Crippen molar-refractivity contribution in [1.29, 1.82) is 0 Å². The number of benzene rings is 2. The summed E-state index contributed by atoms with van der Waals surface area (Å²) < 4.78 is 5.11. The van der Waals surface area contributed by atoms with E-state index in [1.54, 1.807) is 6.07 Å². The Morgan fingerprint density at radius 3 is 2.52 bits per heavy atom. The first-order valence-electron chi connectivity index (χ1n) is 7.28. The molecule has 2 aromatic carbocycles. The summed E-state index contributed by atoms with van der Waals surface area (Å²) in [6, 6.07) is 18.7. The van der Waals surface area contributed by atoms with Crippen LogP contribution >= 0.6 is 0 Å². The third kappa shape index (κ3) is 3.77. The fourth-order valence-corrected chi connectivity index (χ4v) is 2.23. The zero-order valence-corrected chi connectivity index (χ0v) is 12.4. The van der Waals surface area contributed by atoms with Crippen molar-refractivity contribution in [3.05, 3.63) is 71.9 Å². The summed E-state index contributed by atoms with van der Waals surface area (Å²) in [5.74, 6) is -0.809. The van der Waals surface area contributed by atoms with Crippen LogP contribution in [0, 0.1) is 0 Å². The Hall–Kier alpha value is -3.08. The number of fused-ring (bicyclic) bond motifs is 1. The fourth-order valence-electron chi connectivity index (χ4n) is 2.23. The van der Waals surface area contributed by atoms with Gasteiger partial charge >= 0.3 is 5.97 Å². The Bertz CT molecular complexity index is 791. The Balaban J connectivity index is 1.51. The molecule has 0 radical (unpaired) electrons. The highest BCUT2D eigenvalue weighted by Gasteiger charge is 2.11. The van der Waals surface area contributed by atoms with Crippen molar-refractivity contribution >= 4 is 22.8 Å². The van der Waals surface area contributed by atoms with Crippen molar-refractivity contribution in [2.75, 3.05) is 6.54 Å². The van der Waals surface area contributed by atoms with Crippen LogP contribution in [0.2, 0.25) is 0 Å². The lowest BCUT2D eigenvalue weighted by Gasteiger charge is -2.06. The van der Waals surface area contributed by atoms with Crippen LogP contribution in [0.1, 0.15) is 16.1 Å². The van der Waals surface area contributed by atoms with Crippen molar-refractivity contribution in [3.8, 4) is 0 Å². The number of ether oxygens (including phenoxy) is 1. The lowest BCUT2D eigenvalue weighted by molar-refractivity contribution is -0.143. The van der Waals surface area contributed by atoms with Gasteiger partial charge in [0.2, 0.25) is 0 Å². The molecule has 0 aliphatic heterocycles. The van der Waals surface area contributed by atoms with E-state index < -0.39 is 5.97 Å². The molecule has 0 spiro atoms. The molecular weight excluding hydrogens is 292 g/mol. The van der Waals surface area contributed by atoms with E-state index >= 15 is 0 Å². The molecule has 5 nitrogen and oxygen atoms in total. The number of para-hydroxylation sites is 1. The molecule has 0 saturated heterocycles. The van der Waals surface area contributed by atoms with Gasteiger partial charge in [-0.25, -0.2) is 0 Å². The number of aromatic amines is 1. The molecule has 116 valence electrons. The number of carbonyl (C=O) groups excluding carboxylic acids is 2. The number of hydrogen-bond acceptors (Lipinski definition) is 3. The molecule has 0 unspecified atom stereocenters. The van der Waals surface area contributed by atoms with Gasteiger partial charge in [0.15, 0.2) is 0 Å². The quantitative estimate of drug-likeness (QED) is 0.712. The predicted molar refractivity (Wildman–Crippen MR) is 86.9 cm³/mol. The van der Waals surface area contributed by atoms with Gasteiger partial charge in [-0.05, 0) is 17.7 Å². The van der Waals surface area contributed by atoms with Crippen molar-refractivity contribution in [1.82, 2.24) is 10.3 Å². The predicted octanol–water partition coefficient (Wildman–Crippen LogP) is 2.64. The maximum absolute atomic E-state index is 12.0. The number of rotatable bonds is 5. The molecule has 1 aromatic heterocycles. The van der Waals surface area contributed by atoms with E-state index in [9.17, 15) is 9.59 Å². The smallest absolute Gasteiger partial charge is 0.325 e. The van der Waals surface area contributed by atoms with E-state index in [-0.39, 0.29) is 19.1 Å². The van der Waals surface area contributed by atoms with Gasteiger partial charge in [-0.1, -0.05) is 48.5 Å². The van der Waals surface area contributed by atoms with E-state index in [2.05, 4.69) is 10.3 Å². The number of amides is 1. The van der Waals surface area contributed by atoms with Gasteiger partial charge in [0.1, 0.15) is 18.8 Å². The largest absolute Gasteiger partial charge is 0.460 e. The van der Waals surface area contributed by atoms with Crippen LogP contribution in [0.3, 0.4) is 0 Å². The second-order valence-electron chi connectivity index (χ2n) is 5.10. The Labute approximate surface area is 133 Å². The zero-order chi connectivity index (χ0) is 16.1. The molecule has 5 heteroatoms. The first-order chi connectivity index (χ1) is 11.2. The minimum absolute atomic E-state index is 0.166. The summed E-state index contributed by atoms with van der Waals surface area (Å²) in [5, 5.41) is 3.50. The van der Waals surface area contributed by atoms with Crippen LogP contribution < -0.4 is 5.32 Å². The van der Waals surface area contributed by atoms with Crippen LogP contribution in [0.25, 0.3) is 10.9 Å². The SMILES string of the molecule is O=C(CNC(=O)c1cc2ccccc2[nH]1)OCc1ccccc1. The number of hydrogen-bond donors (Lipinski definition) is 2. The second kappa shape index (κ2) is 6.79. The van der Waals surface area contributed by atoms with Gasteiger partial charge in [-0.15, -0.1) is 0 Å². The first-order valence-corrected chi connectivity index (χ1v) is 7.28. The van der Waals surface area contributed by atoms with Gasteiger partial charge in [-0.2, -0.15) is 0 Å². The third-order valence-electron chi connectivity index (χ3n) is 3.41. The van der Waals surface area contributed by atoms with E-state index in [1.807, 2.05) is 54.6 Å². The molecule has 0 atom stereocenters. The lowest BCUT2D eigenvalue weighted by atomic mass is 10.2. The summed E-state index contributed by atoms with van der Waals surface area (Å²) in [7, 11) is 0. The van der Waals surface area contributed by atoms with E-state index in [0.29, 0.717) is 5.69 Å². The minimum atomic E-state index is -0.474. The molecule has 0 aliphatic rings. The van der Waals surface area contributed by atoms with Crippen LogP contribution in [-0.2, 0) is 16.1 Å². The highest BCUT2D eigenvalue weighted by molar-refractivity contribution is 5.99. The molecule has 23 heavy (non-hydrogen) atoms. The molecule has 1 heterocycles. The Morgan fingerprint density at radius 1 is 1.00 bits per heavy atom. The molecule has 0 saturated carbocycles. The van der Waals surface area contributed by atoms with Gasteiger partial charge in [0, 0.05) is 10.9 Å². The van der Waals surface area contributed by atoms with E-state index in [0.717, 1.165) is 16.5 Å². The highest BCUT2D eigenvalue weighted by atomic mass is 16.5. The standard InChI is InChI=1S/C18H16N2O3/c21-17(23-12-13-6-2-1-3-7-13)11-19-18(22)16-10-14-8-4-5-9-15(14)20-16/h1-10,20H,11-12H2,(H,19,22). The van der Waals surface area contributed by atoms with Gasteiger partial charge in [0.05, 0.1) is 0 Å². The Morgan fingerprint density at radius 2 is 1.74 bits per heavy atom. The molecule has 3 aromatic rings. The summed E-state index contributed by atoms with van der Waals surface area (Å²) in [4.78, 5) is 26.7. The normalized spacial score (nSPS) is 10.4. The lowest BCUT2D eigenvalue weighted by Crippen LogP contribution is -2.30. The number of H-pyrrole nitrogens is 1. The molecule has 0 bridgehead atoms. The van der Waals surface area contributed by atoms with E-state index in [1.165, 1.54) is 0 Å². The molecule has 2 N–H and O–H groups in total. The number of esters is 1. The summed E-state index contributed by atoms with van der Waals surface area (Å²) in [6.07, 6.45) is 0. The average molecular weight is 308 g/mol. The van der Waals surface area contributed by atoms with Gasteiger partial charge in [0.25, 0.3) is 5.91 Å². The molecule has 3 rings (SSSR count). The number of carbonyl (C=O) groups is 2. The summed E-state index contributed by atoms with van der Waals surface area (Å²) in [6.45, 7) is 0.0307. The van der Waals surface area contributed by atoms with Crippen molar-refractivity contribution in [2.45, 2.75) is 6.61 Å². The third-order valence-corrected chi connectivity index (χ3v) is 3.41. The van der Waals surface area contributed by atoms with Crippen molar-refractivity contribution in [3.63, 3.8) is 0 Å². The molecule has 0 fully saturated rings. The molecule has 0 aliphatic carbocycles. The number of nitrogens with one attached hydrogen (secondary N) is 2. The van der Waals surface area contributed by atoms with Crippen LogP contribution in [0.4, 0.5) is 0 Å². The van der Waals surface area contributed by atoms with Crippen LogP contribution in [-0.4, -0.2) is 23.4 Å².